The van der Waals surface area contributed by atoms with E-state index in [1.807, 2.05) is 12.1 Å². The highest BCUT2D eigenvalue weighted by molar-refractivity contribution is 7.99. The van der Waals surface area contributed by atoms with Gasteiger partial charge in [-0.3, -0.25) is 0 Å². The van der Waals surface area contributed by atoms with E-state index in [0.717, 1.165) is 5.75 Å². The van der Waals surface area contributed by atoms with Crippen LogP contribution >= 0.6 is 11.8 Å². The molecule has 0 spiro atoms. The Morgan fingerprint density at radius 3 is 2.94 bits per heavy atom. The number of thioether (sulfide) groups is 1. The van der Waals surface area contributed by atoms with Gasteiger partial charge in [-0.1, -0.05) is 18.2 Å². The van der Waals surface area contributed by atoms with Crippen LogP contribution in [0, 0.1) is 0 Å². The van der Waals surface area contributed by atoms with Gasteiger partial charge < -0.3 is 10.1 Å². The molecule has 94 valence electrons. The van der Waals surface area contributed by atoms with Crippen molar-refractivity contribution in [2.24, 2.45) is 0 Å². The zero-order valence-corrected chi connectivity index (χ0v) is 11.4. The second-order valence-corrected chi connectivity index (χ2v) is 5.69. The number of hydrogen-bond acceptors (Lipinski definition) is 3. The molecule has 0 aromatic heterocycles. The Hall–Kier alpha value is -0.670. The molecule has 1 aliphatic heterocycles. The first-order chi connectivity index (χ1) is 8.31. The van der Waals surface area contributed by atoms with Crippen molar-refractivity contribution in [2.75, 3.05) is 18.6 Å². The molecule has 1 aliphatic rings. The summed E-state index contributed by atoms with van der Waals surface area (Å²) in [5, 5.41) is 3.71. The SMILES string of the molecule is COc1ccccc1[C@H](C)NC1CCCSC1. The number of benzene rings is 1. The van der Waals surface area contributed by atoms with Crippen LogP contribution in [-0.4, -0.2) is 24.7 Å². The first-order valence-corrected chi connectivity index (χ1v) is 7.43. The average Bonchev–Trinajstić information content (AvgIpc) is 2.40. The van der Waals surface area contributed by atoms with Gasteiger partial charge in [0.05, 0.1) is 7.11 Å². The van der Waals surface area contributed by atoms with E-state index in [-0.39, 0.29) is 0 Å². The third kappa shape index (κ3) is 3.39. The standard InChI is InChI=1S/C14H21NOS/c1-11(15-12-6-5-9-17-10-12)13-7-3-4-8-14(13)16-2/h3-4,7-8,11-12,15H,5-6,9-10H2,1-2H3/t11-,12?/m0/s1. The summed E-state index contributed by atoms with van der Waals surface area (Å²) in [6.45, 7) is 2.22. The number of rotatable bonds is 4. The maximum Gasteiger partial charge on any atom is 0.123 e. The van der Waals surface area contributed by atoms with Crippen LogP contribution in [-0.2, 0) is 0 Å². The Kier molecular flexibility index (Phi) is 4.75. The molecule has 17 heavy (non-hydrogen) atoms. The maximum absolute atomic E-state index is 5.41. The summed E-state index contributed by atoms with van der Waals surface area (Å²) in [7, 11) is 1.74. The summed E-state index contributed by atoms with van der Waals surface area (Å²) in [5.41, 5.74) is 1.26. The van der Waals surface area contributed by atoms with Gasteiger partial charge in [0.25, 0.3) is 0 Å². The Bertz CT molecular complexity index is 350. The molecule has 0 amide bonds. The monoisotopic (exact) mass is 251 g/mol. The minimum absolute atomic E-state index is 0.356. The summed E-state index contributed by atoms with van der Waals surface area (Å²) < 4.78 is 5.41. The molecule has 1 saturated heterocycles. The van der Waals surface area contributed by atoms with Crippen molar-refractivity contribution in [1.82, 2.24) is 5.32 Å². The largest absolute Gasteiger partial charge is 0.496 e. The van der Waals surface area contributed by atoms with E-state index in [0.29, 0.717) is 12.1 Å². The second-order valence-electron chi connectivity index (χ2n) is 4.54. The van der Waals surface area contributed by atoms with E-state index >= 15 is 0 Å². The van der Waals surface area contributed by atoms with Gasteiger partial charge in [-0.25, -0.2) is 0 Å². The minimum Gasteiger partial charge on any atom is -0.496 e. The van der Waals surface area contributed by atoms with Crippen LogP contribution in [0.25, 0.3) is 0 Å². The molecule has 1 aromatic carbocycles. The van der Waals surface area contributed by atoms with E-state index in [1.54, 1.807) is 7.11 Å². The van der Waals surface area contributed by atoms with Gasteiger partial charge in [-0.05, 0) is 31.6 Å². The number of ether oxygens (including phenoxy) is 1. The fourth-order valence-electron chi connectivity index (χ4n) is 2.34. The van der Waals surface area contributed by atoms with Gasteiger partial charge in [-0.2, -0.15) is 11.8 Å². The highest BCUT2D eigenvalue weighted by Gasteiger charge is 2.18. The molecule has 1 aromatic rings. The number of para-hydroxylation sites is 1. The zero-order chi connectivity index (χ0) is 12.1. The smallest absolute Gasteiger partial charge is 0.123 e. The Labute approximate surface area is 108 Å². The second kappa shape index (κ2) is 6.31. The number of hydrogen-bond donors (Lipinski definition) is 1. The van der Waals surface area contributed by atoms with Crippen LogP contribution < -0.4 is 10.1 Å². The third-order valence-electron chi connectivity index (χ3n) is 3.25. The lowest BCUT2D eigenvalue weighted by molar-refractivity contribution is 0.392. The van der Waals surface area contributed by atoms with Gasteiger partial charge in [-0.15, -0.1) is 0 Å². The lowest BCUT2D eigenvalue weighted by atomic mass is 10.1. The molecule has 0 aliphatic carbocycles. The van der Waals surface area contributed by atoms with Gasteiger partial charge in [0.1, 0.15) is 5.75 Å². The molecule has 3 heteroatoms. The van der Waals surface area contributed by atoms with E-state index in [2.05, 4.69) is 36.1 Å². The van der Waals surface area contributed by atoms with E-state index in [4.69, 9.17) is 4.74 Å². The predicted octanol–water partition coefficient (Wildman–Crippen LogP) is 3.24. The van der Waals surface area contributed by atoms with E-state index in [1.165, 1.54) is 29.9 Å². The Balaban J connectivity index is 2.00. The lowest BCUT2D eigenvalue weighted by Gasteiger charge is -2.27. The van der Waals surface area contributed by atoms with Crippen molar-refractivity contribution >= 4 is 11.8 Å². The topological polar surface area (TPSA) is 21.3 Å². The summed E-state index contributed by atoms with van der Waals surface area (Å²) in [6, 6.07) is 9.27. The quantitative estimate of drug-likeness (QED) is 0.887. The highest BCUT2D eigenvalue weighted by Crippen LogP contribution is 2.26. The van der Waals surface area contributed by atoms with Crippen LogP contribution in [0.1, 0.15) is 31.4 Å². The van der Waals surface area contributed by atoms with E-state index in [9.17, 15) is 0 Å². The molecule has 2 rings (SSSR count). The Morgan fingerprint density at radius 2 is 2.24 bits per heavy atom. The first kappa shape index (κ1) is 12.8. The molecular formula is C14H21NOS. The van der Waals surface area contributed by atoms with Crippen molar-refractivity contribution in [1.29, 1.82) is 0 Å². The molecule has 2 nitrogen and oxygen atoms in total. The summed E-state index contributed by atoms with van der Waals surface area (Å²) in [6.07, 6.45) is 2.63. The minimum atomic E-state index is 0.356. The van der Waals surface area contributed by atoms with Crippen LogP contribution in [0.2, 0.25) is 0 Å². The third-order valence-corrected chi connectivity index (χ3v) is 4.47. The van der Waals surface area contributed by atoms with Crippen LogP contribution in [0.3, 0.4) is 0 Å². The highest BCUT2D eigenvalue weighted by atomic mass is 32.2. The van der Waals surface area contributed by atoms with Gasteiger partial charge in [0, 0.05) is 23.4 Å². The molecule has 2 atom stereocenters. The number of nitrogens with one attached hydrogen (secondary N) is 1. The first-order valence-electron chi connectivity index (χ1n) is 6.28. The number of methoxy groups -OCH3 is 1. The average molecular weight is 251 g/mol. The van der Waals surface area contributed by atoms with Gasteiger partial charge in [0.2, 0.25) is 0 Å². The predicted molar refractivity (Wildman–Crippen MR) is 74.9 cm³/mol. The van der Waals surface area contributed by atoms with Crippen LogP contribution in [0.4, 0.5) is 0 Å². The molecule has 0 radical (unpaired) electrons. The normalized spacial score (nSPS) is 22.1. The fraction of sp³-hybridized carbons (Fsp3) is 0.571. The van der Waals surface area contributed by atoms with Gasteiger partial charge in [0.15, 0.2) is 0 Å². The zero-order valence-electron chi connectivity index (χ0n) is 10.6. The van der Waals surface area contributed by atoms with Crippen LogP contribution in [0.5, 0.6) is 5.75 Å². The molecule has 1 fully saturated rings. The van der Waals surface area contributed by atoms with Crippen molar-refractivity contribution in [3.8, 4) is 5.75 Å². The summed E-state index contributed by atoms with van der Waals surface area (Å²) in [5.74, 6) is 3.54. The van der Waals surface area contributed by atoms with Crippen LogP contribution in [0.15, 0.2) is 24.3 Å². The molecule has 1 unspecified atom stereocenters. The van der Waals surface area contributed by atoms with Crippen molar-refractivity contribution in [2.45, 2.75) is 31.8 Å². The summed E-state index contributed by atoms with van der Waals surface area (Å²) >= 11 is 2.06. The van der Waals surface area contributed by atoms with Crippen molar-refractivity contribution in [3.63, 3.8) is 0 Å². The van der Waals surface area contributed by atoms with Crippen molar-refractivity contribution in [3.05, 3.63) is 29.8 Å². The summed E-state index contributed by atoms with van der Waals surface area (Å²) in [4.78, 5) is 0. The Morgan fingerprint density at radius 1 is 1.41 bits per heavy atom. The lowest BCUT2D eigenvalue weighted by Crippen LogP contribution is -2.35. The fourth-order valence-corrected chi connectivity index (χ4v) is 3.42. The maximum atomic E-state index is 5.41. The van der Waals surface area contributed by atoms with Gasteiger partial charge >= 0.3 is 0 Å². The van der Waals surface area contributed by atoms with E-state index < -0.39 is 0 Å². The van der Waals surface area contributed by atoms with Crippen molar-refractivity contribution < 1.29 is 4.74 Å². The molecule has 1 N–H and O–H groups in total. The molecule has 0 saturated carbocycles. The molecule has 1 heterocycles. The molecular weight excluding hydrogens is 230 g/mol. The molecule has 0 bridgehead atoms.